The molecule has 5 heteroatoms. The van der Waals surface area contributed by atoms with E-state index >= 15 is 0 Å². The molecule has 2 nitrogen and oxygen atoms in total. The van der Waals surface area contributed by atoms with Crippen molar-refractivity contribution in [3.8, 4) is 0 Å². The number of halogens is 2. The second-order valence-corrected chi connectivity index (χ2v) is 6.43. The van der Waals surface area contributed by atoms with Crippen LogP contribution in [-0.2, 0) is 0 Å². The summed E-state index contributed by atoms with van der Waals surface area (Å²) in [5.41, 5.74) is 3.22. The SMILES string of the molecule is CC(c1cccc(Br)c1)n1c(=S)[nH]c2cc(Cl)ccc21. The summed E-state index contributed by atoms with van der Waals surface area (Å²) in [6.07, 6.45) is 0. The lowest BCUT2D eigenvalue weighted by atomic mass is 10.1. The molecule has 0 aliphatic heterocycles. The van der Waals surface area contributed by atoms with Crippen molar-refractivity contribution in [3.63, 3.8) is 0 Å². The lowest BCUT2D eigenvalue weighted by Gasteiger charge is -2.15. The summed E-state index contributed by atoms with van der Waals surface area (Å²) in [6.45, 7) is 2.14. The van der Waals surface area contributed by atoms with E-state index in [1.807, 2.05) is 30.3 Å². The van der Waals surface area contributed by atoms with Gasteiger partial charge in [-0.05, 0) is 55.0 Å². The van der Waals surface area contributed by atoms with Crippen molar-refractivity contribution < 1.29 is 0 Å². The predicted molar refractivity (Wildman–Crippen MR) is 90.1 cm³/mol. The fraction of sp³-hybridized carbons (Fsp3) is 0.133. The molecule has 0 saturated heterocycles. The molecular formula is C15H12BrClN2S. The first-order valence-electron chi connectivity index (χ1n) is 6.21. The van der Waals surface area contributed by atoms with E-state index in [-0.39, 0.29) is 6.04 Å². The predicted octanol–water partition coefficient (Wildman–Crippen LogP) is 5.72. The highest BCUT2D eigenvalue weighted by Crippen LogP contribution is 2.27. The standard InChI is InChI=1S/C15H12BrClN2S/c1-9(10-3-2-4-11(16)7-10)19-14-6-5-12(17)8-13(14)18-15(19)20/h2-9H,1H3,(H,18,20). The fourth-order valence-corrected chi connectivity index (χ4v) is 3.36. The average molecular weight is 368 g/mol. The smallest absolute Gasteiger partial charge is 0.178 e. The number of hydrogen-bond donors (Lipinski definition) is 1. The Hall–Kier alpha value is -1.10. The number of hydrogen-bond acceptors (Lipinski definition) is 1. The average Bonchev–Trinajstić information content (AvgIpc) is 2.73. The Balaban J connectivity index is 2.19. The van der Waals surface area contributed by atoms with E-state index < -0.39 is 0 Å². The van der Waals surface area contributed by atoms with Gasteiger partial charge in [-0.1, -0.05) is 39.7 Å². The van der Waals surface area contributed by atoms with Crippen LogP contribution in [-0.4, -0.2) is 9.55 Å². The molecule has 1 unspecified atom stereocenters. The van der Waals surface area contributed by atoms with Crippen molar-refractivity contribution in [2.24, 2.45) is 0 Å². The Bertz CT molecular complexity index is 837. The second-order valence-electron chi connectivity index (χ2n) is 4.69. The van der Waals surface area contributed by atoms with Crippen molar-refractivity contribution in [1.82, 2.24) is 9.55 Å². The van der Waals surface area contributed by atoms with Crippen LogP contribution in [0.3, 0.4) is 0 Å². The Kier molecular flexibility index (Phi) is 3.71. The molecule has 0 aliphatic carbocycles. The minimum absolute atomic E-state index is 0.148. The second kappa shape index (κ2) is 5.35. The van der Waals surface area contributed by atoms with Crippen molar-refractivity contribution in [3.05, 3.63) is 62.3 Å². The van der Waals surface area contributed by atoms with Crippen molar-refractivity contribution >= 4 is 50.8 Å². The summed E-state index contributed by atoms with van der Waals surface area (Å²) in [7, 11) is 0. The van der Waals surface area contributed by atoms with E-state index in [4.69, 9.17) is 23.8 Å². The van der Waals surface area contributed by atoms with Gasteiger partial charge in [0.2, 0.25) is 0 Å². The van der Waals surface area contributed by atoms with Gasteiger partial charge in [0.25, 0.3) is 0 Å². The molecular weight excluding hydrogens is 356 g/mol. The number of H-pyrrole nitrogens is 1. The van der Waals surface area contributed by atoms with Gasteiger partial charge in [0.1, 0.15) is 0 Å². The van der Waals surface area contributed by atoms with Gasteiger partial charge in [-0.3, -0.25) is 0 Å². The summed E-state index contributed by atoms with van der Waals surface area (Å²) in [5, 5.41) is 0.705. The fourth-order valence-electron chi connectivity index (χ4n) is 2.40. The van der Waals surface area contributed by atoms with Crippen LogP contribution >= 0.6 is 39.7 Å². The monoisotopic (exact) mass is 366 g/mol. The van der Waals surface area contributed by atoms with E-state index in [2.05, 4.69) is 44.5 Å². The molecule has 1 heterocycles. The summed E-state index contributed by atoms with van der Waals surface area (Å²) in [4.78, 5) is 3.21. The molecule has 3 aromatic rings. The Labute approximate surface area is 135 Å². The molecule has 0 fully saturated rings. The van der Waals surface area contributed by atoms with Gasteiger partial charge in [0.05, 0.1) is 17.1 Å². The third-order valence-electron chi connectivity index (χ3n) is 3.40. The van der Waals surface area contributed by atoms with Gasteiger partial charge in [-0.25, -0.2) is 0 Å². The number of aromatic nitrogens is 2. The number of fused-ring (bicyclic) bond motifs is 1. The Morgan fingerprint density at radius 2 is 2.05 bits per heavy atom. The molecule has 0 amide bonds. The minimum atomic E-state index is 0.148. The molecule has 0 spiro atoms. The van der Waals surface area contributed by atoms with Gasteiger partial charge < -0.3 is 9.55 Å². The molecule has 0 saturated carbocycles. The molecule has 102 valence electrons. The maximum absolute atomic E-state index is 6.03. The van der Waals surface area contributed by atoms with Crippen molar-refractivity contribution in [2.45, 2.75) is 13.0 Å². The lowest BCUT2D eigenvalue weighted by Crippen LogP contribution is -2.06. The summed E-state index contributed by atoms with van der Waals surface area (Å²) < 4.78 is 3.88. The molecule has 3 rings (SSSR count). The molecule has 0 aliphatic rings. The van der Waals surface area contributed by atoms with Crippen molar-refractivity contribution in [2.75, 3.05) is 0 Å². The van der Waals surface area contributed by atoms with Gasteiger partial charge in [0, 0.05) is 9.50 Å². The van der Waals surface area contributed by atoms with E-state index in [0.717, 1.165) is 15.5 Å². The third-order valence-corrected chi connectivity index (χ3v) is 4.42. The first-order valence-corrected chi connectivity index (χ1v) is 7.79. The number of aromatic amines is 1. The normalized spacial score (nSPS) is 12.8. The first-order chi connectivity index (χ1) is 9.56. The summed E-state index contributed by atoms with van der Waals surface area (Å²) in [6, 6.07) is 14.2. The number of nitrogens with zero attached hydrogens (tertiary/aromatic N) is 1. The van der Waals surface area contributed by atoms with Crippen LogP contribution in [0.2, 0.25) is 5.02 Å². The van der Waals surface area contributed by atoms with Crippen LogP contribution in [0.15, 0.2) is 46.9 Å². The van der Waals surface area contributed by atoms with E-state index in [0.29, 0.717) is 9.79 Å². The van der Waals surface area contributed by atoms with Crippen LogP contribution < -0.4 is 0 Å². The highest BCUT2D eigenvalue weighted by atomic mass is 79.9. The molecule has 1 N–H and O–H groups in total. The van der Waals surface area contributed by atoms with Crippen LogP contribution in [0.25, 0.3) is 11.0 Å². The quantitative estimate of drug-likeness (QED) is 0.574. The lowest BCUT2D eigenvalue weighted by molar-refractivity contribution is 0.649. The van der Waals surface area contributed by atoms with E-state index in [9.17, 15) is 0 Å². The van der Waals surface area contributed by atoms with Crippen LogP contribution in [0.4, 0.5) is 0 Å². The highest BCUT2D eigenvalue weighted by molar-refractivity contribution is 9.10. The zero-order valence-corrected chi connectivity index (χ0v) is 13.9. The minimum Gasteiger partial charge on any atom is -0.331 e. The number of imidazole rings is 1. The molecule has 0 radical (unpaired) electrons. The largest absolute Gasteiger partial charge is 0.331 e. The highest BCUT2D eigenvalue weighted by Gasteiger charge is 2.13. The summed E-state index contributed by atoms with van der Waals surface area (Å²) >= 11 is 15.0. The van der Waals surface area contributed by atoms with Crippen LogP contribution in [0, 0.1) is 4.77 Å². The van der Waals surface area contributed by atoms with Gasteiger partial charge in [0.15, 0.2) is 4.77 Å². The zero-order chi connectivity index (χ0) is 14.3. The first kappa shape index (κ1) is 13.9. The molecule has 2 aromatic carbocycles. The van der Waals surface area contributed by atoms with Crippen LogP contribution in [0.5, 0.6) is 0 Å². The Morgan fingerprint density at radius 1 is 1.25 bits per heavy atom. The number of nitrogens with one attached hydrogen (secondary N) is 1. The van der Waals surface area contributed by atoms with Crippen molar-refractivity contribution in [1.29, 1.82) is 0 Å². The molecule has 0 bridgehead atoms. The van der Waals surface area contributed by atoms with Gasteiger partial charge >= 0.3 is 0 Å². The number of benzene rings is 2. The van der Waals surface area contributed by atoms with E-state index in [1.54, 1.807) is 0 Å². The van der Waals surface area contributed by atoms with Gasteiger partial charge in [-0.15, -0.1) is 0 Å². The Morgan fingerprint density at radius 3 is 2.80 bits per heavy atom. The van der Waals surface area contributed by atoms with E-state index in [1.165, 1.54) is 5.56 Å². The maximum Gasteiger partial charge on any atom is 0.178 e. The maximum atomic E-state index is 6.03. The topological polar surface area (TPSA) is 20.7 Å². The number of rotatable bonds is 2. The molecule has 1 atom stereocenters. The zero-order valence-electron chi connectivity index (χ0n) is 10.7. The summed E-state index contributed by atoms with van der Waals surface area (Å²) in [5.74, 6) is 0. The van der Waals surface area contributed by atoms with Gasteiger partial charge in [-0.2, -0.15) is 0 Å². The third kappa shape index (κ3) is 2.43. The van der Waals surface area contributed by atoms with Crippen LogP contribution in [0.1, 0.15) is 18.5 Å². The molecule has 1 aromatic heterocycles. The molecule has 20 heavy (non-hydrogen) atoms.